The van der Waals surface area contributed by atoms with Crippen molar-refractivity contribution in [2.24, 2.45) is 5.92 Å². The van der Waals surface area contributed by atoms with Gasteiger partial charge in [0.1, 0.15) is 5.75 Å². The molecule has 0 aromatic carbocycles. The van der Waals surface area contributed by atoms with Gasteiger partial charge < -0.3 is 10.1 Å². The first-order chi connectivity index (χ1) is 8.83. The summed E-state index contributed by atoms with van der Waals surface area (Å²) in [5.74, 6) is 1.77. The van der Waals surface area contributed by atoms with Gasteiger partial charge in [0, 0.05) is 12.2 Å². The van der Waals surface area contributed by atoms with Gasteiger partial charge >= 0.3 is 0 Å². The van der Waals surface area contributed by atoms with Crippen LogP contribution >= 0.6 is 0 Å². The molecule has 0 radical (unpaired) electrons. The summed E-state index contributed by atoms with van der Waals surface area (Å²) in [7, 11) is 1.69. The molecule has 3 nitrogen and oxygen atoms in total. The van der Waals surface area contributed by atoms with Crippen LogP contribution in [-0.4, -0.2) is 24.7 Å². The molecule has 0 spiro atoms. The molecule has 1 N–H and O–H groups in total. The smallest absolute Gasteiger partial charge is 0.137 e. The fourth-order valence-electron chi connectivity index (χ4n) is 2.37. The van der Waals surface area contributed by atoms with Crippen molar-refractivity contribution in [2.75, 3.05) is 13.7 Å². The molecule has 1 heterocycles. The molecule has 18 heavy (non-hydrogen) atoms. The molecular weight excluding hydrogens is 224 g/mol. The third-order valence-corrected chi connectivity index (χ3v) is 3.60. The Hall–Kier alpha value is -1.09. The van der Waals surface area contributed by atoms with Gasteiger partial charge in [-0.1, -0.05) is 6.92 Å². The van der Waals surface area contributed by atoms with E-state index in [2.05, 4.69) is 23.3 Å². The molecule has 3 heteroatoms. The summed E-state index contributed by atoms with van der Waals surface area (Å²) in [6, 6.07) is 2.78. The van der Waals surface area contributed by atoms with Crippen LogP contribution in [0.4, 0.5) is 0 Å². The Balaban J connectivity index is 1.83. The van der Waals surface area contributed by atoms with Gasteiger partial charge in [-0.3, -0.25) is 4.98 Å². The number of aryl methyl sites for hydroxylation is 1. The number of pyridine rings is 1. The number of ether oxygens (including phenoxy) is 1. The number of aromatic nitrogens is 1. The van der Waals surface area contributed by atoms with Crippen molar-refractivity contribution < 1.29 is 4.74 Å². The zero-order chi connectivity index (χ0) is 12.8. The average Bonchev–Trinajstić information content (AvgIpc) is 3.23. The lowest BCUT2D eigenvalue weighted by molar-refractivity contribution is 0.410. The summed E-state index contributed by atoms with van der Waals surface area (Å²) in [5.41, 5.74) is 1.28. The van der Waals surface area contributed by atoms with Gasteiger partial charge in [-0.15, -0.1) is 0 Å². The van der Waals surface area contributed by atoms with Crippen molar-refractivity contribution in [1.29, 1.82) is 0 Å². The number of hydrogen-bond donors (Lipinski definition) is 1. The number of methoxy groups -OCH3 is 1. The number of nitrogens with one attached hydrogen (secondary N) is 1. The fraction of sp³-hybridized carbons (Fsp3) is 0.667. The van der Waals surface area contributed by atoms with Crippen molar-refractivity contribution in [2.45, 2.75) is 45.1 Å². The van der Waals surface area contributed by atoms with Crippen LogP contribution in [0.5, 0.6) is 5.75 Å². The van der Waals surface area contributed by atoms with Crippen LogP contribution in [0.15, 0.2) is 18.5 Å². The highest BCUT2D eigenvalue weighted by Gasteiger charge is 2.30. The zero-order valence-corrected chi connectivity index (χ0v) is 11.5. The number of hydrogen-bond acceptors (Lipinski definition) is 3. The van der Waals surface area contributed by atoms with E-state index in [-0.39, 0.29) is 0 Å². The van der Waals surface area contributed by atoms with E-state index in [0.29, 0.717) is 6.04 Å². The molecule has 1 saturated carbocycles. The van der Waals surface area contributed by atoms with Crippen molar-refractivity contribution in [3.8, 4) is 5.75 Å². The molecule has 1 atom stereocenters. The summed E-state index contributed by atoms with van der Waals surface area (Å²) in [6.07, 6.45) is 10.0. The molecule has 1 unspecified atom stereocenters. The fourth-order valence-corrected chi connectivity index (χ4v) is 2.37. The molecule has 1 fully saturated rings. The van der Waals surface area contributed by atoms with Crippen LogP contribution < -0.4 is 10.1 Å². The van der Waals surface area contributed by atoms with Gasteiger partial charge in [0.25, 0.3) is 0 Å². The zero-order valence-electron chi connectivity index (χ0n) is 11.5. The minimum Gasteiger partial charge on any atom is -0.495 e. The average molecular weight is 248 g/mol. The minimum absolute atomic E-state index is 0.691. The van der Waals surface area contributed by atoms with Crippen molar-refractivity contribution in [3.63, 3.8) is 0 Å². The first kappa shape index (κ1) is 13.3. The summed E-state index contributed by atoms with van der Waals surface area (Å²) in [4.78, 5) is 4.21. The molecule has 1 aromatic heterocycles. The van der Waals surface area contributed by atoms with Crippen LogP contribution in [-0.2, 0) is 6.42 Å². The summed E-state index contributed by atoms with van der Waals surface area (Å²) in [5, 5.41) is 3.68. The summed E-state index contributed by atoms with van der Waals surface area (Å²) in [6.45, 7) is 3.36. The van der Waals surface area contributed by atoms with Crippen LogP contribution in [0.25, 0.3) is 0 Å². The minimum atomic E-state index is 0.691. The monoisotopic (exact) mass is 248 g/mol. The Morgan fingerprint density at radius 2 is 2.28 bits per heavy atom. The Morgan fingerprint density at radius 1 is 1.44 bits per heavy atom. The maximum absolute atomic E-state index is 5.21. The van der Waals surface area contributed by atoms with Crippen LogP contribution in [0.3, 0.4) is 0 Å². The second-order valence-corrected chi connectivity index (χ2v) is 5.17. The van der Waals surface area contributed by atoms with Gasteiger partial charge in [0.05, 0.1) is 13.3 Å². The maximum Gasteiger partial charge on any atom is 0.137 e. The maximum atomic E-state index is 5.21. The number of nitrogens with zero attached hydrogens (tertiary/aromatic N) is 1. The van der Waals surface area contributed by atoms with Gasteiger partial charge in [-0.2, -0.15) is 0 Å². The first-order valence-corrected chi connectivity index (χ1v) is 7.04. The molecule has 0 amide bonds. The molecule has 0 aliphatic heterocycles. The Labute approximate surface area is 110 Å². The second kappa shape index (κ2) is 6.74. The largest absolute Gasteiger partial charge is 0.495 e. The van der Waals surface area contributed by atoms with E-state index in [1.54, 1.807) is 13.3 Å². The summed E-state index contributed by atoms with van der Waals surface area (Å²) < 4.78 is 5.21. The normalized spacial score (nSPS) is 16.6. The summed E-state index contributed by atoms with van der Waals surface area (Å²) >= 11 is 0. The Bertz CT molecular complexity index is 363. The highest BCUT2D eigenvalue weighted by atomic mass is 16.5. The van der Waals surface area contributed by atoms with E-state index >= 15 is 0 Å². The van der Waals surface area contributed by atoms with E-state index in [0.717, 1.165) is 24.6 Å². The van der Waals surface area contributed by atoms with Gasteiger partial charge in [0.15, 0.2) is 0 Å². The second-order valence-electron chi connectivity index (χ2n) is 5.17. The predicted octanol–water partition coefficient (Wildman–Crippen LogP) is 2.80. The van der Waals surface area contributed by atoms with Crippen molar-refractivity contribution in [3.05, 3.63) is 24.0 Å². The molecule has 1 aromatic rings. The quantitative estimate of drug-likeness (QED) is 0.768. The van der Waals surface area contributed by atoms with Crippen LogP contribution in [0.2, 0.25) is 0 Å². The van der Waals surface area contributed by atoms with E-state index in [1.165, 1.54) is 31.2 Å². The highest BCUT2D eigenvalue weighted by Crippen LogP contribution is 2.34. The van der Waals surface area contributed by atoms with Gasteiger partial charge in [0.2, 0.25) is 0 Å². The van der Waals surface area contributed by atoms with E-state index in [4.69, 9.17) is 4.74 Å². The molecule has 0 bridgehead atoms. The first-order valence-electron chi connectivity index (χ1n) is 7.04. The Kier molecular flexibility index (Phi) is 5.00. The topological polar surface area (TPSA) is 34.2 Å². The van der Waals surface area contributed by atoms with Crippen molar-refractivity contribution in [1.82, 2.24) is 10.3 Å². The lowest BCUT2D eigenvalue weighted by Crippen LogP contribution is -2.32. The lowest BCUT2D eigenvalue weighted by Gasteiger charge is -2.17. The lowest BCUT2D eigenvalue weighted by atomic mass is 10.0. The molecule has 2 rings (SSSR count). The van der Waals surface area contributed by atoms with Crippen molar-refractivity contribution >= 4 is 0 Å². The van der Waals surface area contributed by atoms with Crippen LogP contribution in [0.1, 0.15) is 38.2 Å². The van der Waals surface area contributed by atoms with Crippen LogP contribution in [0, 0.1) is 5.92 Å². The molecule has 1 aliphatic carbocycles. The standard InChI is InChI=1S/C15H24N2O/c1-3-8-17-15(13-5-6-13)7-4-12-9-14(18-2)11-16-10-12/h9-11,13,15,17H,3-8H2,1-2H3. The van der Waals surface area contributed by atoms with Gasteiger partial charge in [-0.05, 0) is 56.2 Å². The molecule has 100 valence electrons. The predicted molar refractivity (Wildman–Crippen MR) is 73.9 cm³/mol. The number of rotatable bonds is 8. The highest BCUT2D eigenvalue weighted by molar-refractivity contribution is 5.23. The third-order valence-electron chi connectivity index (χ3n) is 3.60. The SMILES string of the molecule is CCCNC(CCc1cncc(OC)c1)C1CC1. The Morgan fingerprint density at radius 3 is 2.94 bits per heavy atom. The molecule has 1 aliphatic rings. The van der Waals surface area contributed by atoms with E-state index in [9.17, 15) is 0 Å². The molecule has 0 saturated heterocycles. The van der Waals surface area contributed by atoms with E-state index < -0.39 is 0 Å². The third kappa shape index (κ3) is 3.98. The van der Waals surface area contributed by atoms with Gasteiger partial charge in [-0.25, -0.2) is 0 Å². The molecular formula is C15H24N2O. The van der Waals surface area contributed by atoms with E-state index in [1.807, 2.05) is 6.20 Å².